The Balaban J connectivity index is 1.30. The van der Waals surface area contributed by atoms with Crippen LogP contribution in [-0.2, 0) is 24.1 Å². The molecule has 0 spiro atoms. The van der Waals surface area contributed by atoms with Gasteiger partial charge in [-0.3, -0.25) is 9.59 Å². The van der Waals surface area contributed by atoms with Crippen LogP contribution in [-0.4, -0.2) is 39.2 Å². The van der Waals surface area contributed by atoms with Gasteiger partial charge in [0.25, 0.3) is 11.8 Å². The Bertz CT molecular complexity index is 1220. The number of rotatable bonds is 10. The molecule has 0 aromatic heterocycles. The van der Waals surface area contributed by atoms with Crippen LogP contribution in [0.3, 0.4) is 0 Å². The number of methoxy groups -OCH3 is 2. The van der Waals surface area contributed by atoms with Crippen LogP contribution in [0, 0.1) is 0 Å². The summed E-state index contributed by atoms with van der Waals surface area (Å²) in [5.41, 5.74) is 4.51. The van der Waals surface area contributed by atoms with Gasteiger partial charge in [0.2, 0.25) is 0 Å². The predicted octanol–water partition coefficient (Wildman–Crippen LogP) is 4.57. The van der Waals surface area contributed by atoms with E-state index in [4.69, 9.17) is 14.2 Å². The normalized spacial score (nSPS) is 12.3. The van der Waals surface area contributed by atoms with Gasteiger partial charge in [-0.2, -0.15) is 0 Å². The van der Waals surface area contributed by atoms with E-state index in [1.54, 1.807) is 38.5 Å². The lowest BCUT2D eigenvalue weighted by Crippen LogP contribution is -2.28. The molecule has 4 rings (SSSR count). The summed E-state index contributed by atoms with van der Waals surface area (Å²) in [4.78, 5) is 25.4. The summed E-state index contributed by atoms with van der Waals surface area (Å²) in [5.74, 6) is 1.41. The summed E-state index contributed by atoms with van der Waals surface area (Å²) in [6.07, 6.45) is 5.18. The van der Waals surface area contributed by atoms with Gasteiger partial charge in [0.05, 0.1) is 25.5 Å². The lowest BCUT2D eigenvalue weighted by Gasteiger charge is -2.17. The van der Waals surface area contributed by atoms with Gasteiger partial charge in [0.1, 0.15) is 5.75 Å². The number of carbonyl (C=O) groups is 2. The molecule has 0 aliphatic heterocycles. The number of amides is 2. The second kappa shape index (κ2) is 12.1. The maximum atomic E-state index is 12.8. The summed E-state index contributed by atoms with van der Waals surface area (Å²) >= 11 is 0. The van der Waals surface area contributed by atoms with Crippen molar-refractivity contribution in [2.24, 2.45) is 0 Å². The fraction of sp³-hybridized carbons (Fsp3) is 0.310. The second-order valence-corrected chi connectivity index (χ2v) is 8.72. The average Bonchev–Trinajstić information content (AvgIpc) is 2.92. The molecule has 2 N–H and O–H groups in total. The Morgan fingerprint density at radius 2 is 1.64 bits per heavy atom. The number of ether oxygens (including phenoxy) is 3. The van der Waals surface area contributed by atoms with Gasteiger partial charge in [0, 0.05) is 6.54 Å². The van der Waals surface area contributed by atoms with E-state index in [1.165, 1.54) is 24.0 Å². The van der Waals surface area contributed by atoms with E-state index in [2.05, 4.69) is 16.7 Å². The van der Waals surface area contributed by atoms with Crippen LogP contribution < -0.4 is 24.8 Å². The minimum atomic E-state index is -0.321. The van der Waals surface area contributed by atoms with Crippen molar-refractivity contribution in [2.45, 2.75) is 32.1 Å². The standard InChI is InChI=1S/C29H32N2O5/c1-34-26-14-11-20(17-27(26)35-2)15-16-30-29(33)24-9-5-6-10-25(24)31-28(32)19-36-23-13-12-21-7-3-4-8-22(21)18-23/h5-6,9-14,17-18H,3-4,7-8,15-16,19H2,1-2H3,(H,30,33)(H,31,32). The van der Waals surface area contributed by atoms with Crippen LogP contribution in [0.2, 0.25) is 0 Å². The zero-order valence-electron chi connectivity index (χ0n) is 20.8. The molecule has 1 aliphatic carbocycles. The highest BCUT2D eigenvalue weighted by molar-refractivity contribution is 6.04. The van der Waals surface area contributed by atoms with Gasteiger partial charge >= 0.3 is 0 Å². The summed E-state index contributed by atoms with van der Waals surface area (Å²) < 4.78 is 16.3. The summed E-state index contributed by atoms with van der Waals surface area (Å²) in [5, 5.41) is 5.73. The molecule has 0 heterocycles. The maximum absolute atomic E-state index is 12.8. The fourth-order valence-electron chi connectivity index (χ4n) is 4.38. The van der Waals surface area contributed by atoms with Crippen LogP contribution in [0.25, 0.3) is 0 Å². The molecular formula is C29H32N2O5. The Hall–Kier alpha value is -4.00. The number of para-hydroxylation sites is 1. The molecule has 0 fully saturated rings. The van der Waals surface area contributed by atoms with Crippen LogP contribution >= 0.6 is 0 Å². The quantitative estimate of drug-likeness (QED) is 0.437. The smallest absolute Gasteiger partial charge is 0.262 e. The molecule has 0 bridgehead atoms. The van der Waals surface area contributed by atoms with Gasteiger partial charge in [-0.25, -0.2) is 0 Å². The molecule has 7 heteroatoms. The molecule has 188 valence electrons. The van der Waals surface area contributed by atoms with Crippen molar-refractivity contribution in [3.63, 3.8) is 0 Å². The number of benzene rings is 3. The highest BCUT2D eigenvalue weighted by atomic mass is 16.5. The zero-order valence-corrected chi connectivity index (χ0v) is 20.8. The van der Waals surface area contributed by atoms with E-state index in [0.717, 1.165) is 18.4 Å². The largest absolute Gasteiger partial charge is 0.493 e. The van der Waals surface area contributed by atoms with Gasteiger partial charge in [-0.1, -0.05) is 24.3 Å². The third-order valence-corrected chi connectivity index (χ3v) is 6.28. The van der Waals surface area contributed by atoms with E-state index in [0.29, 0.717) is 41.5 Å². The summed E-state index contributed by atoms with van der Waals surface area (Å²) in [6.45, 7) is 0.298. The summed E-state index contributed by atoms with van der Waals surface area (Å²) in [6, 6.07) is 18.6. The van der Waals surface area contributed by atoms with E-state index in [1.807, 2.05) is 30.3 Å². The van der Waals surface area contributed by atoms with E-state index in [-0.39, 0.29) is 18.4 Å². The van der Waals surface area contributed by atoms with Gasteiger partial charge in [0.15, 0.2) is 18.1 Å². The number of fused-ring (bicyclic) bond motifs is 1. The molecular weight excluding hydrogens is 456 g/mol. The molecule has 2 amide bonds. The molecule has 0 saturated carbocycles. The Morgan fingerprint density at radius 1 is 0.861 bits per heavy atom. The molecule has 0 radical (unpaired) electrons. The van der Waals surface area contributed by atoms with E-state index >= 15 is 0 Å². The van der Waals surface area contributed by atoms with Gasteiger partial charge < -0.3 is 24.8 Å². The second-order valence-electron chi connectivity index (χ2n) is 8.72. The van der Waals surface area contributed by atoms with Gasteiger partial charge in [-0.05, 0) is 85.2 Å². The molecule has 36 heavy (non-hydrogen) atoms. The topological polar surface area (TPSA) is 85.9 Å². The van der Waals surface area contributed by atoms with Crippen LogP contribution in [0.5, 0.6) is 17.2 Å². The number of hydrogen-bond donors (Lipinski definition) is 2. The monoisotopic (exact) mass is 488 g/mol. The highest BCUT2D eigenvalue weighted by Crippen LogP contribution is 2.28. The van der Waals surface area contributed by atoms with Crippen LogP contribution in [0.15, 0.2) is 60.7 Å². The number of aryl methyl sites for hydroxylation is 2. The lowest BCUT2D eigenvalue weighted by molar-refractivity contribution is -0.118. The third-order valence-electron chi connectivity index (χ3n) is 6.28. The molecule has 3 aromatic carbocycles. The first kappa shape index (κ1) is 25.1. The first-order valence-corrected chi connectivity index (χ1v) is 12.2. The number of anilines is 1. The predicted molar refractivity (Wildman–Crippen MR) is 139 cm³/mol. The number of nitrogens with one attached hydrogen (secondary N) is 2. The highest BCUT2D eigenvalue weighted by Gasteiger charge is 2.15. The molecule has 1 aliphatic rings. The third kappa shape index (κ3) is 6.36. The maximum Gasteiger partial charge on any atom is 0.262 e. The molecule has 0 atom stereocenters. The van der Waals surface area contributed by atoms with Crippen molar-refractivity contribution in [3.8, 4) is 17.2 Å². The molecule has 3 aromatic rings. The fourth-order valence-corrected chi connectivity index (χ4v) is 4.38. The molecule has 0 unspecified atom stereocenters. The Morgan fingerprint density at radius 3 is 2.44 bits per heavy atom. The van der Waals surface area contributed by atoms with E-state index in [9.17, 15) is 9.59 Å². The zero-order chi connectivity index (χ0) is 25.3. The van der Waals surface area contributed by atoms with Crippen molar-refractivity contribution in [3.05, 3.63) is 82.9 Å². The summed E-state index contributed by atoms with van der Waals surface area (Å²) in [7, 11) is 3.18. The average molecular weight is 489 g/mol. The Labute approximate surface area is 211 Å². The van der Waals surface area contributed by atoms with Crippen molar-refractivity contribution < 1.29 is 23.8 Å². The minimum absolute atomic E-state index is 0.131. The van der Waals surface area contributed by atoms with E-state index < -0.39 is 0 Å². The number of carbonyl (C=O) groups excluding carboxylic acids is 2. The van der Waals surface area contributed by atoms with Crippen LogP contribution in [0.4, 0.5) is 5.69 Å². The molecule has 7 nitrogen and oxygen atoms in total. The first-order valence-electron chi connectivity index (χ1n) is 12.2. The number of hydrogen-bond acceptors (Lipinski definition) is 5. The van der Waals surface area contributed by atoms with Crippen molar-refractivity contribution >= 4 is 17.5 Å². The lowest BCUT2D eigenvalue weighted by atomic mass is 9.92. The van der Waals surface area contributed by atoms with Crippen molar-refractivity contribution in [2.75, 3.05) is 32.7 Å². The molecule has 0 saturated heterocycles. The minimum Gasteiger partial charge on any atom is -0.493 e. The van der Waals surface area contributed by atoms with Crippen molar-refractivity contribution in [1.82, 2.24) is 5.32 Å². The van der Waals surface area contributed by atoms with Gasteiger partial charge in [-0.15, -0.1) is 0 Å². The van der Waals surface area contributed by atoms with Crippen LogP contribution in [0.1, 0.15) is 39.9 Å². The SMILES string of the molecule is COc1ccc(CCNC(=O)c2ccccc2NC(=O)COc2ccc3c(c2)CCCC3)cc1OC. The van der Waals surface area contributed by atoms with Crippen molar-refractivity contribution in [1.29, 1.82) is 0 Å². The first-order chi connectivity index (χ1) is 17.6. The Kier molecular flexibility index (Phi) is 8.44.